The van der Waals surface area contributed by atoms with Crippen molar-refractivity contribution in [1.29, 1.82) is 0 Å². The van der Waals surface area contributed by atoms with Crippen molar-refractivity contribution in [2.45, 2.75) is 97.6 Å². The van der Waals surface area contributed by atoms with Crippen LogP contribution in [0.15, 0.2) is 0 Å². The minimum atomic E-state index is 0.784. The highest BCUT2D eigenvalue weighted by atomic mass is 14.9. The summed E-state index contributed by atoms with van der Waals surface area (Å²) in [5, 5.41) is 7.53. The zero-order valence-electron chi connectivity index (χ0n) is 16.2. The molecule has 0 bridgehead atoms. The van der Waals surface area contributed by atoms with E-state index in [1.54, 1.807) is 0 Å². The second-order valence-corrected chi connectivity index (χ2v) is 9.28. The molecular weight excluding hydrogens is 280 g/mol. The zero-order chi connectivity index (χ0) is 16.7. The Balaban J connectivity index is 1.57. The van der Waals surface area contributed by atoms with E-state index in [0.29, 0.717) is 0 Å². The molecule has 0 aromatic rings. The van der Waals surface area contributed by atoms with Gasteiger partial charge in [0.25, 0.3) is 0 Å². The molecule has 0 spiro atoms. The largest absolute Gasteiger partial charge is 0.314 e. The SMILES string of the molecule is CC(C)CNC1CCC(CC2CCC(NCC(C)C)CC2)CC1. The lowest BCUT2D eigenvalue weighted by Gasteiger charge is -2.35. The van der Waals surface area contributed by atoms with E-state index in [2.05, 4.69) is 38.3 Å². The average molecular weight is 323 g/mol. The maximum absolute atomic E-state index is 3.77. The van der Waals surface area contributed by atoms with Gasteiger partial charge in [-0.15, -0.1) is 0 Å². The fourth-order valence-electron chi connectivity index (χ4n) is 4.48. The summed E-state index contributed by atoms with van der Waals surface area (Å²) in [4.78, 5) is 0. The van der Waals surface area contributed by atoms with Crippen LogP contribution in [0.4, 0.5) is 0 Å². The highest BCUT2D eigenvalue weighted by molar-refractivity contribution is 4.82. The van der Waals surface area contributed by atoms with Crippen molar-refractivity contribution in [2.75, 3.05) is 13.1 Å². The van der Waals surface area contributed by atoms with E-state index in [1.165, 1.54) is 70.9 Å². The Morgan fingerprint density at radius 2 is 0.957 bits per heavy atom. The molecule has 2 rings (SSSR count). The molecule has 0 radical (unpaired) electrons. The third-order valence-electron chi connectivity index (χ3n) is 5.99. The number of hydrogen-bond donors (Lipinski definition) is 2. The van der Waals surface area contributed by atoms with E-state index in [9.17, 15) is 0 Å². The molecule has 2 fully saturated rings. The quantitative estimate of drug-likeness (QED) is 0.658. The molecule has 0 unspecified atom stereocenters. The number of rotatable bonds is 8. The molecule has 0 amide bonds. The van der Waals surface area contributed by atoms with Crippen LogP contribution in [0.5, 0.6) is 0 Å². The van der Waals surface area contributed by atoms with Crippen LogP contribution < -0.4 is 10.6 Å². The maximum atomic E-state index is 3.77. The molecule has 136 valence electrons. The topological polar surface area (TPSA) is 24.1 Å². The van der Waals surface area contributed by atoms with Gasteiger partial charge in [-0.3, -0.25) is 0 Å². The summed E-state index contributed by atoms with van der Waals surface area (Å²) < 4.78 is 0. The summed E-state index contributed by atoms with van der Waals surface area (Å²) in [6, 6.07) is 1.62. The standard InChI is InChI=1S/C21H42N2/c1-16(2)14-22-20-9-5-18(6-10-20)13-19-7-11-21(12-8-19)23-15-17(3)4/h16-23H,5-15H2,1-4H3. The van der Waals surface area contributed by atoms with Crippen molar-refractivity contribution >= 4 is 0 Å². The Morgan fingerprint density at radius 1 is 0.609 bits per heavy atom. The normalized spacial score (nSPS) is 32.6. The molecule has 2 aliphatic rings. The van der Waals surface area contributed by atoms with Gasteiger partial charge in [0.15, 0.2) is 0 Å². The minimum absolute atomic E-state index is 0.784. The van der Waals surface area contributed by atoms with Gasteiger partial charge in [-0.05, 0) is 94.5 Å². The summed E-state index contributed by atoms with van der Waals surface area (Å²) in [5.74, 6) is 3.62. The highest BCUT2D eigenvalue weighted by Gasteiger charge is 2.26. The van der Waals surface area contributed by atoms with Gasteiger partial charge in [0.05, 0.1) is 0 Å². The Hall–Kier alpha value is -0.0800. The molecule has 2 heteroatoms. The van der Waals surface area contributed by atoms with Crippen LogP contribution in [-0.4, -0.2) is 25.2 Å². The van der Waals surface area contributed by atoms with Crippen molar-refractivity contribution in [3.63, 3.8) is 0 Å². The van der Waals surface area contributed by atoms with E-state index >= 15 is 0 Å². The fraction of sp³-hybridized carbons (Fsp3) is 1.00. The summed E-state index contributed by atoms with van der Waals surface area (Å²) >= 11 is 0. The van der Waals surface area contributed by atoms with Crippen LogP contribution in [-0.2, 0) is 0 Å². The van der Waals surface area contributed by atoms with E-state index in [1.807, 2.05) is 0 Å². The molecule has 2 aliphatic carbocycles. The highest BCUT2D eigenvalue weighted by Crippen LogP contribution is 2.35. The smallest absolute Gasteiger partial charge is 0.00673 e. The molecule has 0 heterocycles. The van der Waals surface area contributed by atoms with Crippen molar-refractivity contribution in [3.8, 4) is 0 Å². The Morgan fingerprint density at radius 3 is 1.26 bits per heavy atom. The van der Waals surface area contributed by atoms with Crippen LogP contribution in [0.1, 0.15) is 85.5 Å². The summed E-state index contributed by atoms with van der Waals surface area (Å²) in [7, 11) is 0. The molecule has 0 atom stereocenters. The van der Waals surface area contributed by atoms with Gasteiger partial charge in [0.1, 0.15) is 0 Å². The first-order chi connectivity index (χ1) is 11.0. The lowest BCUT2D eigenvalue weighted by atomic mass is 9.75. The van der Waals surface area contributed by atoms with E-state index in [4.69, 9.17) is 0 Å². The molecule has 2 nitrogen and oxygen atoms in total. The first-order valence-corrected chi connectivity index (χ1v) is 10.5. The molecule has 0 aromatic heterocycles. The first kappa shape index (κ1) is 19.2. The van der Waals surface area contributed by atoms with Crippen molar-refractivity contribution in [1.82, 2.24) is 10.6 Å². The van der Waals surface area contributed by atoms with Crippen molar-refractivity contribution in [2.24, 2.45) is 23.7 Å². The third kappa shape index (κ3) is 7.56. The van der Waals surface area contributed by atoms with Crippen LogP contribution in [0.25, 0.3) is 0 Å². The first-order valence-electron chi connectivity index (χ1n) is 10.5. The van der Waals surface area contributed by atoms with E-state index in [-0.39, 0.29) is 0 Å². The van der Waals surface area contributed by atoms with E-state index < -0.39 is 0 Å². The van der Waals surface area contributed by atoms with Gasteiger partial charge in [0, 0.05) is 12.1 Å². The van der Waals surface area contributed by atoms with Crippen LogP contribution in [0.2, 0.25) is 0 Å². The molecule has 0 saturated heterocycles. The molecule has 2 saturated carbocycles. The second-order valence-electron chi connectivity index (χ2n) is 9.28. The zero-order valence-corrected chi connectivity index (χ0v) is 16.2. The van der Waals surface area contributed by atoms with Crippen molar-refractivity contribution in [3.05, 3.63) is 0 Å². The van der Waals surface area contributed by atoms with Gasteiger partial charge in [-0.2, -0.15) is 0 Å². The lowest BCUT2D eigenvalue weighted by molar-refractivity contribution is 0.204. The minimum Gasteiger partial charge on any atom is -0.314 e. The molecule has 23 heavy (non-hydrogen) atoms. The van der Waals surface area contributed by atoms with Gasteiger partial charge in [-0.1, -0.05) is 27.7 Å². The molecule has 2 N–H and O–H groups in total. The predicted octanol–water partition coefficient (Wildman–Crippen LogP) is 4.99. The fourth-order valence-corrected chi connectivity index (χ4v) is 4.48. The van der Waals surface area contributed by atoms with Gasteiger partial charge in [-0.25, -0.2) is 0 Å². The van der Waals surface area contributed by atoms with Crippen molar-refractivity contribution < 1.29 is 0 Å². The monoisotopic (exact) mass is 322 g/mol. The van der Waals surface area contributed by atoms with Crippen LogP contribution in [0.3, 0.4) is 0 Å². The molecule has 0 aliphatic heterocycles. The number of nitrogens with one attached hydrogen (secondary N) is 2. The maximum Gasteiger partial charge on any atom is 0.00673 e. The predicted molar refractivity (Wildman–Crippen MR) is 102 cm³/mol. The third-order valence-corrected chi connectivity index (χ3v) is 5.99. The average Bonchev–Trinajstić information content (AvgIpc) is 2.53. The number of hydrogen-bond acceptors (Lipinski definition) is 2. The molecule has 0 aromatic carbocycles. The Bertz CT molecular complexity index is 267. The Kier molecular flexibility index (Phi) is 8.40. The van der Waals surface area contributed by atoms with Crippen LogP contribution in [0, 0.1) is 23.7 Å². The summed E-state index contributed by atoms with van der Waals surface area (Å²) in [5.41, 5.74) is 0. The Labute approximate surface area is 145 Å². The van der Waals surface area contributed by atoms with Gasteiger partial charge >= 0.3 is 0 Å². The second kappa shape index (κ2) is 10.0. The van der Waals surface area contributed by atoms with Crippen LogP contribution >= 0.6 is 0 Å². The van der Waals surface area contributed by atoms with E-state index in [0.717, 1.165) is 35.8 Å². The summed E-state index contributed by atoms with van der Waals surface area (Å²) in [6.07, 6.45) is 13.1. The van der Waals surface area contributed by atoms with Gasteiger partial charge in [0.2, 0.25) is 0 Å². The lowest BCUT2D eigenvalue weighted by Crippen LogP contribution is -2.37. The van der Waals surface area contributed by atoms with Gasteiger partial charge < -0.3 is 10.6 Å². The molecular formula is C21H42N2. The summed E-state index contributed by atoms with van der Waals surface area (Å²) in [6.45, 7) is 11.6.